The van der Waals surface area contributed by atoms with Gasteiger partial charge in [0.2, 0.25) is 0 Å². The van der Waals surface area contributed by atoms with Crippen molar-refractivity contribution in [1.82, 2.24) is 9.97 Å². The van der Waals surface area contributed by atoms with E-state index < -0.39 is 4.92 Å². The van der Waals surface area contributed by atoms with E-state index in [1.165, 1.54) is 12.1 Å². The van der Waals surface area contributed by atoms with Crippen LogP contribution in [0.5, 0.6) is 0 Å². The van der Waals surface area contributed by atoms with Crippen LogP contribution in [-0.2, 0) is 0 Å². The molecule has 0 atom stereocenters. The number of fused-ring (bicyclic) bond motifs is 1. The van der Waals surface area contributed by atoms with Crippen molar-refractivity contribution < 1.29 is 4.92 Å². The second-order valence-corrected chi connectivity index (χ2v) is 6.77. The first kappa shape index (κ1) is 17.1. The predicted octanol–water partition coefficient (Wildman–Crippen LogP) is 5.71. The molecule has 0 unspecified atom stereocenters. The number of non-ortho nitro benzene ring substituents is 1. The molecule has 3 aromatic carbocycles. The van der Waals surface area contributed by atoms with Gasteiger partial charge in [0, 0.05) is 33.2 Å². The summed E-state index contributed by atoms with van der Waals surface area (Å²) in [6, 6.07) is 21.8. The van der Waals surface area contributed by atoms with Gasteiger partial charge in [0.1, 0.15) is 5.82 Å². The van der Waals surface area contributed by atoms with E-state index in [1.54, 1.807) is 12.1 Å². The normalized spacial score (nSPS) is 10.7. The zero-order chi connectivity index (χ0) is 18.8. The monoisotopic (exact) mass is 420 g/mol. The fraction of sp³-hybridized carbons (Fsp3) is 0. The standard InChI is InChI=1S/C20H13BrN4O2/c21-14-9-10-18-17(11-14)20(22-15-7-4-8-16(12-15)25(26)27)24-19(23-18)13-5-2-1-3-6-13/h1-12H,(H,22,23,24). The van der Waals surface area contributed by atoms with Crippen molar-refractivity contribution in [2.75, 3.05) is 5.32 Å². The molecule has 27 heavy (non-hydrogen) atoms. The lowest BCUT2D eigenvalue weighted by Crippen LogP contribution is -2.00. The number of benzene rings is 3. The maximum absolute atomic E-state index is 11.0. The number of nitrogens with one attached hydrogen (secondary N) is 1. The lowest BCUT2D eigenvalue weighted by Gasteiger charge is -2.11. The summed E-state index contributed by atoms with van der Waals surface area (Å²) in [5, 5.41) is 15.1. The van der Waals surface area contributed by atoms with Crippen LogP contribution in [0.1, 0.15) is 0 Å². The van der Waals surface area contributed by atoms with Gasteiger partial charge in [0.05, 0.1) is 10.4 Å². The second-order valence-electron chi connectivity index (χ2n) is 5.86. The minimum Gasteiger partial charge on any atom is -0.339 e. The van der Waals surface area contributed by atoms with E-state index in [2.05, 4.69) is 31.2 Å². The summed E-state index contributed by atoms with van der Waals surface area (Å²) >= 11 is 3.47. The Morgan fingerprint density at radius 2 is 1.74 bits per heavy atom. The molecular weight excluding hydrogens is 408 g/mol. The van der Waals surface area contributed by atoms with E-state index in [1.807, 2.05) is 48.5 Å². The zero-order valence-electron chi connectivity index (χ0n) is 14.0. The van der Waals surface area contributed by atoms with Gasteiger partial charge in [-0.3, -0.25) is 10.1 Å². The summed E-state index contributed by atoms with van der Waals surface area (Å²) < 4.78 is 0.896. The third-order valence-corrected chi connectivity index (χ3v) is 4.50. The first-order valence-electron chi connectivity index (χ1n) is 8.14. The molecule has 0 amide bonds. The van der Waals surface area contributed by atoms with E-state index in [0.29, 0.717) is 17.3 Å². The molecule has 0 aliphatic heterocycles. The van der Waals surface area contributed by atoms with E-state index in [-0.39, 0.29) is 5.69 Å². The molecule has 0 aliphatic rings. The Morgan fingerprint density at radius 3 is 2.52 bits per heavy atom. The maximum atomic E-state index is 11.0. The number of hydrogen-bond acceptors (Lipinski definition) is 5. The summed E-state index contributed by atoms with van der Waals surface area (Å²) in [5.41, 5.74) is 2.27. The predicted molar refractivity (Wildman–Crippen MR) is 109 cm³/mol. The van der Waals surface area contributed by atoms with Crippen LogP contribution < -0.4 is 5.32 Å². The highest BCUT2D eigenvalue weighted by Gasteiger charge is 2.12. The van der Waals surface area contributed by atoms with E-state index in [4.69, 9.17) is 0 Å². The molecule has 0 aliphatic carbocycles. The Labute approximate surface area is 163 Å². The van der Waals surface area contributed by atoms with Gasteiger partial charge in [0.15, 0.2) is 5.82 Å². The van der Waals surface area contributed by atoms with Crippen LogP contribution in [0.3, 0.4) is 0 Å². The highest BCUT2D eigenvalue weighted by Crippen LogP contribution is 2.30. The van der Waals surface area contributed by atoms with Crippen molar-refractivity contribution in [3.63, 3.8) is 0 Å². The lowest BCUT2D eigenvalue weighted by atomic mass is 10.2. The van der Waals surface area contributed by atoms with Crippen molar-refractivity contribution in [3.05, 3.63) is 87.4 Å². The molecule has 0 spiro atoms. The Hall–Kier alpha value is -3.32. The van der Waals surface area contributed by atoms with Crippen LogP contribution in [0.25, 0.3) is 22.3 Å². The Kier molecular flexibility index (Phi) is 4.52. The number of halogens is 1. The topological polar surface area (TPSA) is 81.0 Å². The summed E-state index contributed by atoms with van der Waals surface area (Å²) in [6.45, 7) is 0. The second kappa shape index (κ2) is 7.13. The van der Waals surface area contributed by atoms with E-state index >= 15 is 0 Å². The molecule has 132 valence electrons. The first-order valence-corrected chi connectivity index (χ1v) is 8.94. The largest absolute Gasteiger partial charge is 0.339 e. The molecular formula is C20H13BrN4O2. The number of nitro groups is 1. The van der Waals surface area contributed by atoms with Crippen molar-refractivity contribution in [2.45, 2.75) is 0 Å². The van der Waals surface area contributed by atoms with Gasteiger partial charge in [0.25, 0.3) is 5.69 Å². The van der Waals surface area contributed by atoms with Gasteiger partial charge in [-0.15, -0.1) is 0 Å². The minimum absolute atomic E-state index is 0.0165. The van der Waals surface area contributed by atoms with Gasteiger partial charge < -0.3 is 5.32 Å². The molecule has 6 nitrogen and oxygen atoms in total. The van der Waals surface area contributed by atoms with Crippen molar-refractivity contribution in [1.29, 1.82) is 0 Å². The molecule has 0 saturated carbocycles. The lowest BCUT2D eigenvalue weighted by molar-refractivity contribution is -0.384. The number of anilines is 2. The van der Waals surface area contributed by atoms with E-state index in [0.717, 1.165) is 20.9 Å². The molecule has 0 radical (unpaired) electrons. The van der Waals surface area contributed by atoms with Crippen LogP contribution in [0, 0.1) is 10.1 Å². The fourth-order valence-electron chi connectivity index (χ4n) is 2.75. The molecule has 0 saturated heterocycles. The summed E-state index contributed by atoms with van der Waals surface area (Å²) in [6.07, 6.45) is 0. The van der Waals surface area contributed by atoms with Gasteiger partial charge >= 0.3 is 0 Å². The Balaban J connectivity index is 1.86. The van der Waals surface area contributed by atoms with Crippen molar-refractivity contribution >= 4 is 44.0 Å². The third kappa shape index (κ3) is 3.63. The summed E-state index contributed by atoms with van der Waals surface area (Å²) in [5.74, 6) is 1.17. The van der Waals surface area contributed by atoms with Gasteiger partial charge in [-0.2, -0.15) is 0 Å². The molecule has 4 rings (SSSR count). The number of hydrogen-bond donors (Lipinski definition) is 1. The number of nitro benzene ring substituents is 1. The number of nitrogens with zero attached hydrogens (tertiary/aromatic N) is 3. The van der Waals surface area contributed by atoms with Crippen LogP contribution in [-0.4, -0.2) is 14.9 Å². The van der Waals surface area contributed by atoms with Crippen molar-refractivity contribution in [3.8, 4) is 11.4 Å². The number of aromatic nitrogens is 2. The Bertz CT molecular complexity index is 1150. The smallest absolute Gasteiger partial charge is 0.271 e. The fourth-order valence-corrected chi connectivity index (χ4v) is 3.11. The van der Waals surface area contributed by atoms with Crippen LogP contribution >= 0.6 is 15.9 Å². The average Bonchev–Trinajstić information content (AvgIpc) is 2.69. The first-order chi connectivity index (χ1) is 13.1. The van der Waals surface area contributed by atoms with Crippen molar-refractivity contribution in [2.24, 2.45) is 0 Å². The quantitative estimate of drug-likeness (QED) is 0.337. The average molecular weight is 421 g/mol. The van der Waals surface area contributed by atoms with Gasteiger partial charge in [-0.05, 0) is 24.3 Å². The van der Waals surface area contributed by atoms with Crippen LogP contribution in [0.2, 0.25) is 0 Å². The molecule has 1 N–H and O–H groups in total. The summed E-state index contributed by atoms with van der Waals surface area (Å²) in [4.78, 5) is 19.9. The number of rotatable bonds is 4. The maximum Gasteiger partial charge on any atom is 0.271 e. The van der Waals surface area contributed by atoms with Crippen LogP contribution in [0.4, 0.5) is 17.2 Å². The van der Waals surface area contributed by atoms with E-state index in [9.17, 15) is 10.1 Å². The highest BCUT2D eigenvalue weighted by atomic mass is 79.9. The van der Waals surface area contributed by atoms with Gasteiger partial charge in [-0.25, -0.2) is 9.97 Å². The Morgan fingerprint density at radius 1 is 0.926 bits per heavy atom. The molecule has 1 heterocycles. The van der Waals surface area contributed by atoms with Crippen LogP contribution in [0.15, 0.2) is 77.3 Å². The molecule has 4 aromatic rings. The third-order valence-electron chi connectivity index (χ3n) is 4.01. The summed E-state index contributed by atoms with van der Waals surface area (Å²) in [7, 11) is 0. The molecule has 0 fully saturated rings. The molecule has 7 heteroatoms. The highest BCUT2D eigenvalue weighted by molar-refractivity contribution is 9.10. The molecule has 0 bridgehead atoms. The molecule has 1 aromatic heterocycles. The zero-order valence-corrected chi connectivity index (χ0v) is 15.6. The van der Waals surface area contributed by atoms with Gasteiger partial charge in [-0.1, -0.05) is 52.3 Å². The minimum atomic E-state index is -0.421. The SMILES string of the molecule is O=[N+]([O-])c1cccc(Nc2nc(-c3ccccc3)nc3ccc(Br)cc23)c1.